The van der Waals surface area contributed by atoms with Crippen molar-refractivity contribution in [1.82, 2.24) is 14.7 Å². The molecule has 6 heteroatoms. The molecular weight excluding hydrogens is 208 g/mol. The first kappa shape index (κ1) is 11.4. The molecule has 90 valence electrons. The molecule has 2 heterocycles. The summed E-state index contributed by atoms with van der Waals surface area (Å²) in [6.07, 6.45) is 1.83. The molecule has 1 fully saturated rings. The van der Waals surface area contributed by atoms with Crippen molar-refractivity contribution in [3.8, 4) is 0 Å². The fourth-order valence-corrected chi connectivity index (χ4v) is 1.84. The zero-order valence-electron chi connectivity index (χ0n) is 9.25. The molecule has 0 radical (unpaired) electrons. The van der Waals surface area contributed by atoms with Crippen molar-refractivity contribution >= 4 is 5.82 Å². The molecule has 3 N–H and O–H groups in total. The fraction of sp³-hybridized carbons (Fsp3) is 0.700. The van der Waals surface area contributed by atoms with Gasteiger partial charge in [0, 0.05) is 25.8 Å². The summed E-state index contributed by atoms with van der Waals surface area (Å²) in [5.41, 5.74) is 5.53. The lowest BCUT2D eigenvalue weighted by Crippen LogP contribution is -2.45. The fourth-order valence-electron chi connectivity index (χ4n) is 1.84. The van der Waals surface area contributed by atoms with Crippen LogP contribution in [0.15, 0.2) is 12.3 Å². The van der Waals surface area contributed by atoms with Crippen LogP contribution in [0, 0.1) is 0 Å². The van der Waals surface area contributed by atoms with E-state index in [-0.39, 0.29) is 12.7 Å². The zero-order chi connectivity index (χ0) is 11.4. The average Bonchev–Trinajstić information content (AvgIpc) is 2.73. The lowest BCUT2D eigenvalue weighted by atomic mass is 10.3. The molecule has 0 bridgehead atoms. The number of rotatable bonds is 4. The van der Waals surface area contributed by atoms with Crippen molar-refractivity contribution in [2.24, 2.45) is 0 Å². The van der Waals surface area contributed by atoms with Gasteiger partial charge < -0.3 is 15.6 Å². The van der Waals surface area contributed by atoms with Crippen LogP contribution >= 0.6 is 0 Å². The van der Waals surface area contributed by atoms with Crippen molar-refractivity contribution in [3.05, 3.63) is 12.3 Å². The molecule has 1 aliphatic rings. The largest absolute Gasteiger partial charge is 0.394 e. The highest BCUT2D eigenvalue weighted by atomic mass is 16.5. The molecule has 0 amide bonds. The normalized spacial score (nSPS) is 22.4. The number of hydrogen-bond acceptors (Lipinski definition) is 5. The second-order valence-corrected chi connectivity index (χ2v) is 3.98. The third kappa shape index (κ3) is 2.94. The Morgan fingerprint density at radius 1 is 1.56 bits per heavy atom. The Morgan fingerprint density at radius 2 is 2.44 bits per heavy atom. The number of morpholine rings is 1. The van der Waals surface area contributed by atoms with Gasteiger partial charge in [-0.2, -0.15) is 5.10 Å². The first-order valence-electron chi connectivity index (χ1n) is 5.51. The van der Waals surface area contributed by atoms with Gasteiger partial charge in [0.1, 0.15) is 5.82 Å². The number of nitrogens with two attached hydrogens (primary N) is 1. The van der Waals surface area contributed by atoms with E-state index in [0.717, 1.165) is 26.2 Å². The second-order valence-electron chi connectivity index (χ2n) is 3.98. The maximum Gasteiger partial charge on any atom is 0.145 e. The van der Waals surface area contributed by atoms with Crippen LogP contribution in [0.2, 0.25) is 0 Å². The summed E-state index contributed by atoms with van der Waals surface area (Å²) in [7, 11) is 0. The van der Waals surface area contributed by atoms with E-state index in [0.29, 0.717) is 12.4 Å². The smallest absolute Gasteiger partial charge is 0.145 e. The first-order chi connectivity index (χ1) is 7.78. The molecule has 0 spiro atoms. The molecular formula is C10H18N4O2. The van der Waals surface area contributed by atoms with Gasteiger partial charge in [0.2, 0.25) is 0 Å². The van der Waals surface area contributed by atoms with Crippen molar-refractivity contribution in [2.45, 2.75) is 12.6 Å². The summed E-state index contributed by atoms with van der Waals surface area (Å²) in [6, 6.07) is 1.79. The molecule has 0 aromatic carbocycles. The van der Waals surface area contributed by atoms with Gasteiger partial charge in [-0.05, 0) is 6.07 Å². The lowest BCUT2D eigenvalue weighted by Gasteiger charge is -2.31. The number of nitrogen functional groups attached to an aromatic ring is 1. The summed E-state index contributed by atoms with van der Waals surface area (Å²) in [5, 5.41) is 13.1. The van der Waals surface area contributed by atoms with E-state index >= 15 is 0 Å². The molecule has 1 aliphatic heterocycles. The molecule has 1 aromatic rings. The maximum absolute atomic E-state index is 9.01. The summed E-state index contributed by atoms with van der Waals surface area (Å²) < 4.78 is 7.21. The van der Waals surface area contributed by atoms with Crippen LogP contribution in [0.1, 0.15) is 0 Å². The summed E-state index contributed by atoms with van der Waals surface area (Å²) in [6.45, 7) is 4.19. The van der Waals surface area contributed by atoms with E-state index in [4.69, 9.17) is 15.6 Å². The van der Waals surface area contributed by atoms with Crippen molar-refractivity contribution in [3.63, 3.8) is 0 Å². The number of anilines is 1. The molecule has 0 aliphatic carbocycles. The maximum atomic E-state index is 9.01. The van der Waals surface area contributed by atoms with E-state index in [1.165, 1.54) is 0 Å². The average molecular weight is 226 g/mol. The quantitative estimate of drug-likeness (QED) is 0.700. The molecule has 0 saturated carbocycles. The van der Waals surface area contributed by atoms with Crippen LogP contribution in [0.5, 0.6) is 0 Å². The highest BCUT2D eigenvalue weighted by Gasteiger charge is 2.19. The van der Waals surface area contributed by atoms with Gasteiger partial charge in [0.15, 0.2) is 0 Å². The van der Waals surface area contributed by atoms with E-state index in [2.05, 4.69) is 10.00 Å². The number of ether oxygens (including phenoxy) is 1. The molecule has 1 aromatic heterocycles. The van der Waals surface area contributed by atoms with Crippen LogP contribution < -0.4 is 5.73 Å². The summed E-state index contributed by atoms with van der Waals surface area (Å²) >= 11 is 0. The Hall–Kier alpha value is -1.11. The molecule has 1 unspecified atom stereocenters. The first-order valence-corrected chi connectivity index (χ1v) is 5.51. The van der Waals surface area contributed by atoms with Crippen LogP contribution in [0.3, 0.4) is 0 Å². The van der Waals surface area contributed by atoms with Gasteiger partial charge in [-0.1, -0.05) is 0 Å². The second kappa shape index (κ2) is 5.29. The molecule has 16 heavy (non-hydrogen) atoms. The topological polar surface area (TPSA) is 76.5 Å². The van der Waals surface area contributed by atoms with Gasteiger partial charge in [-0.15, -0.1) is 0 Å². The minimum absolute atomic E-state index is 0.0450. The standard InChI is InChI=1S/C10H18N4O2/c11-10-1-2-14(12-10)4-3-13-5-6-16-9(7-13)8-15/h1-2,9,15H,3-8H2,(H2,11,12). The summed E-state index contributed by atoms with van der Waals surface area (Å²) in [5.74, 6) is 0.551. The zero-order valence-corrected chi connectivity index (χ0v) is 9.25. The van der Waals surface area contributed by atoms with Crippen LogP contribution in [-0.2, 0) is 11.3 Å². The highest BCUT2D eigenvalue weighted by molar-refractivity contribution is 5.23. The lowest BCUT2D eigenvalue weighted by molar-refractivity contribution is -0.0534. The Labute approximate surface area is 94.6 Å². The van der Waals surface area contributed by atoms with Gasteiger partial charge in [0.05, 0.1) is 25.9 Å². The van der Waals surface area contributed by atoms with E-state index in [1.807, 2.05) is 10.9 Å². The van der Waals surface area contributed by atoms with Crippen molar-refractivity contribution in [2.75, 3.05) is 38.6 Å². The number of hydrogen-bond donors (Lipinski definition) is 2. The SMILES string of the molecule is Nc1ccn(CCN2CCOC(CO)C2)n1. The third-order valence-electron chi connectivity index (χ3n) is 2.73. The number of aliphatic hydroxyl groups excluding tert-OH is 1. The summed E-state index contributed by atoms with van der Waals surface area (Å²) in [4.78, 5) is 2.27. The number of aromatic nitrogens is 2. The van der Waals surface area contributed by atoms with Crippen molar-refractivity contribution < 1.29 is 9.84 Å². The molecule has 6 nitrogen and oxygen atoms in total. The van der Waals surface area contributed by atoms with Gasteiger partial charge in [-0.25, -0.2) is 0 Å². The van der Waals surface area contributed by atoms with Gasteiger partial charge in [-0.3, -0.25) is 9.58 Å². The molecule has 1 saturated heterocycles. The predicted octanol–water partition coefficient (Wildman–Crippen LogP) is -0.842. The minimum Gasteiger partial charge on any atom is -0.394 e. The minimum atomic E-state index is -0.0450. The van der Waals surface area contributed by atoms with Crippen LogP contribution in [0.25, 0.3) is 0 Å². The van der Waals surface area contributed by atoms with Gasteiger partial charge in [0.25, 0.3) is 0 Å². The number of aliphatic hydroxyl groups is 1. The van der Waals surface area contributed by atoms with E-state index < -0.39 is 0 Å². The molecule has 1 atom stereocenters. The Morgan fingerprint density at radius 3 is 3.12 bits per heavy atom. The predicted molar refractivity (Wildman–Crippen MR) is 59.9 cm³/mol. The molecule has 2 rings (SSSR count). The van der Waals surface area contributed by atoms with E-state index in [9.17, 15) is 0 Å². The highest BCUT2D eigenvalue weighted by Crippen LogP contribution is 2.05. The van der Waals surface area contributed by atoms with E-state index in [1.54, 1.807) is 6.07 Å². The monoisotopic (exact) mass is 226 g/mol. The van der Waals surface area contributed by atoms with Gasteiger partial charge >= 0.3 is 0 Å². The Balaban J connectivity index is 1.77. The Kier molecular flexibility index (Phi) is 3.76. The van der Waals surface area contributed by atoms with Crippen molar-refractivity contribution in [1.29, 1.82) is 0 Å². The third-order valence-corrected chi connectivity index (χ3v) is 2.73. The number of nitrogens with zero attached hydrogens (tertiary/aromatic N) is 3. The van der Waals surface area contributed by atoms with Crippen LogP contribution in [-0.4, -0.2) is 58.7 Å². The van der Waals surface area contributed by atoms with Crippen LogP contribution in [0.4, 0.5) is 5.82 Å². The Bertz CT molecular complexity index is 328.